The Bertz CT molecular complexity index is 843. The number of carbonyl (C=O) groups excluding carboxylic acids is 2. The molecule has 0 saturated carbocycles. The van der Waals surface area contributed by atoms with Gasteiger partial charge < -0.3 is 10.2 Å². The predicted octanol–water partition coefficient (Wildman–Crippen LogP) is 2.89. The van der Waals surface area contributed by atoms with E-state index in [-0.39, 0.29) is 17.7 Å². The Balaban J connectivity index is 1.77. The molecule has 0 bridgehead atoms. The van der Waals surface area contributed by atoms with Gasteiger partial charge in [0.2, 0.25) is 11.9 Å². The van der Waals surface area contributed by atoms with Gasteiger partial charge in [-0.05, 0) is 52.2 Å². The normalized spacial score (nSPS) is 14.1. The van der Waals surface area contributed by atoms with Gasteiger partial charge in [-0.3, -0.25) is 14.7 Å². The van der Waals surface area contributed by atoms with Crippen LogP contribution < -0.4 is 15.5 Å². The number of imide groups is 1. The number of urea groups is 1. The van der Waals surface area contributed by atoms with Crippen LogP contribution in [0.4, 0.5) is 10.7 Å². The first-order chi connectivity index (χ1) is 13.9. The molecule has 0 atom stereocenters. The highest BCUT2D eigenvalue weighted by atomic mass is 32.2. The molecule has 1 aromatic heterocycles. The molecule has 3 amide bonds. The van der Waals surface area contributed by atoms with Crippen LogP contribution in [0.1, 0.15) is 38.7 Å². The molecule has 1 fully saturated rings. The standard InChI is InChI=1S/C20H28N6O2S/c1-14(2)21-18(28)22-17(27)13-29-20-24-23-19(25-11-5-4-6-12-25)26(20)16-9-7-15(3)8-10-16/h7-10,14H,4-6,11-13H2,1-3H3,(H2,21,22,27,28). The summed E-state index contributed by atoms with van der Waals surface area (Å²) in [5.74, 6) is 0.510. The Morgan fingerprint density at radius 3 is 2.45 bits per heavy atom. The average molecular weight is 417 g/mol. The van der Waals surface area contributed by atoms with Crippen molar-refractivity contribution in [3.63, 3.8) is 0 Å². The fourth-order valence-electron chi connectivity index (χ4n) is 3.17. The molecule has 2 aromatic rings. The summed E-state index contributed by atoms with van der Waals surface area (Å²) in [4.78, 5) is 26.1. The molecule has 156 valence electrons. The molecule has 29 heavy (non-hydrogen) atoms. The highest BCUT2D eigenvalue weighted by molar-refractivity contribution is 7.99. The predicted molar refractivity (Wildman–Crippen MR) is 115 cm³/mol. The van der Waals surface area contributed by atoms with Crippen molar-refractivity contribution in [1.29, 1.82) is 0 Å². The van der Waals surface area contributed by atoms with Crippen molar-refractivity contribution in [3.05, 3.63) is 29.8 Å². The van der Waals surface area contributed by atoms with Crippen molar-refractivity contribution in [2.75, 3.05) is 23.7 Å². The maximum Gasteiger partial charge on any atom is 0.321 e. The molecular weight excluding hydrogens is 388 g/mol. The Morgan fingerprint density at radius 1 is 1.10 bits per heavy atom. The SMILES string of the molecule is Cc1ccc(-n2c(SCC(=O)NC(=O)NC(C)C)nnc2N2CCCCC2)cc1. The average Bonchev–Trinajstić information content (AvgIpc) is 3.11. The topological polar surface area (TPSA) is 92.2 Å². The van der Waals surface area contributed by atoms with E-state index in [1.807, 2.05) is 49.6 Å². The van der Waals surface area contributed by atoms with Crippen LogP contribution in [0.2, 0.25) is 0 Å². The van der Waals surface area contributed by atoms with Gasteiger partial charge >= 0.3 is 6.03 Å². The summed E-state index contributed by atoms with van der Waals surface area (Å²) in [6, 6.07) is 7.64. The number of benzene rings is 1. The number of rotatable bonds is 6. The first-order valence-electron chi connectivity index (χ1n) is 9.94. The van der Waals surface area contributed by atoms with Gasteiger partial charge in [0, 0.05) is 19.1 Å². The van der Waals surface area contributed by atoms with E-state index in [2.05, 4.69) is 25.7 Å². The smallest absolute Gasteiger partial charge is 0.321 e. The third kappa shape index (κ3) is 5.72. The van der Waals surface area contributed by atoms with Gasteiger partial charge in [0.05, 0.1) is 11.4 Å². The van der Waals surface area contributed by atoms with Crippen LogP contribution >= 0.6 is 11.8 Å². The van der Waals surface area contributed by atoms with Gasteiger partial charge in [0.15, 0.2) is 5.16 Å². The molecule has 9 heteroatoms. The van der Waals surface area contributed by atoms with Crippen molar-refractivity contribution in [1.82, 2.24) is 25.4 Å². The molecular formula is C20H28N6O2S. The molecule has 0 unspecified atom stereocenters. The van der Waals surface area contributed by atoms with Gasteiger partial charge in [0.1, 0.15) is 0 Å². The number of nitrogens with zero attached hydrogens (tertiary/aromatic N) is 4. The van der Waals surface area contributed by atoms with Crippen LogP contribution in [0.15, 0.2) is 29.4 Å². The van der Waals surface area contributed by atoms with Crippen molar-refractivity contribution in [3.8, 4) is 5.69 Å². The van der Waals surface area contributed by atoms with Crippen molar-refractivity contribution in [2.45, 2.75) is 51.2 Å². The molecule has 3 rings (SSSR count). The maximum absolute atomic E-state index is 12.1. The zero-order chi connectivity index (χ0) is 20.8. The number of aromatic nitrogens is 3. The van der Waals surface area contributed by atoms with Crippen LogP contribution in [0.3, 0.4) is 0 Å². The molecule has 2 N–H and O–H groups in total. The summed E-state index contributed by atoms with van der Waals surface area (Å²) in [5, 5.41) is 14.4. The second kappa shape index (κ2) is 9.78. The van der Waals surface area contributed by atoms with Crippen LogP contribution in [-0.4, -0.2) is 51.6 Å². The zero-order valence-electron chi connectivity index (χ0n) is 17.1. The van der Waals surface area contributed by atoms with E-state index >= 15 is 0 Å². The van der Waals surface area contributed by atoms with Gasteiger partial charge in [-0.15, -0.1) is 10.2 Å². The number of thioether (sulfide) groups is 1. The Kier molecular flexibility index (Phi) is 7.13. The molecule has 0 radical (unpaired) electrons. The summed E-state index contributed by atoms with van der Waals surface area (Å²) in [6.07, 6.45) is 3.50. The summed E-state index contributed by atoms with van der Waals surface area (Å²) in [5.41, 5.74) is 2.13. The van der Waals surface area contributed by atoms with E-state index in [1.165, 1.54) is 23.7 Å². The van der Waals surface area contributed by atoms with Gasteiger partial charge in [-0.2, -0.15) is 0 Å². The van der Waals surface area contributed by atoms with Crippen LogP contribution in [0, 0.1) is 6.92 Å². The number of nitrogens with one attached hydrogen (secondary N) is 2. The third-order valence-corrected chi connectivity index (χ3v) is 5.48. The van der Waals surface area contributed by atoms with E-state index in [1.54, 1.807) is 0 Å². The largest absolute Gasteiger partial charge is 0.341 e. The van der Waals surface area contributed by atoms with Crippen LogP contribution in [0.5, 0.6) is 0 Å². The minimum Gasteiger partial charge on any atom is -0.341 e. The van der Waals surface area contributed by atoms with E-state index in [9.17, 15) is 9.59 Å². The molecule has 8 nitrogen and oxygen atoms in total. The monoisotopic (exact) mass is 416 g/mol. The summed E-state index contributed by atoms with van der Waals surface area (Å²) in [6.45, 7) is 7.62. The van der Waals surface area contributed by atoms with E-state index in [0.29, 0.717) is 5.16 Å². The number of anilines is 1. The lowest BCUT2D eigenvalue weighted by molar-refractivity contribution is -0.117. The van der Waals surface area contributed by atoms with E-state index in [4.69, 9.17) is 0 Å². The Hall–Kier alpha value is -2.55. The molecule has 0 spiro atoms. The number of amides is 3. The minimum atomic E-state index is -0.486. The summed E-state index contributed by atoms with van der Waals surface area (Å²) >= 11 is 1.27. The molecule has 1 aliphatic rings. The number of aryl methyl sites for hydroxylation is 1. The van der Waals surface area contributed by atoms with Crippen molar-refractivity contribution in [2.24, 2.45) is 0 Å². The number of hydrogen-bond acceptors (Lipinski definition) is 6. The lowest BCUT2D eigenvalue weighted by Crippen LogP contribution is -2.43. The number of carbonyl (C=O) groups is 2. The number of hydrogen-bond donors (Lipinski definition) is 2. The summed E-state index contributed by atoms with van der Waals surface area (Å²) in [7, 11) is 0. The lowest BCUT2D eigenvalue weighted by Gasteiger charge is -2.27. The van der Waals surface area contributed by atoms with Crippen molar-refractivity contribution >= 4 is 29.6 Å². The zero-order valence-corrected chi connectivity index (χ0v) is 18.0. The lowest BCUT2D eigenvalue weighted by atomic mass is 10.1. The Morgan fingerprint density at radius 2 is 1.79 bits per heavy atom. The van der Waals surface area contributed by atoms with Crippen molar-refractivity contribution < 1.29 is 9.59 Å². The van der Waals surface area contributed by atoms with E-state index in [0.717, 1.165) is 37.6 Å². The first kappa shape index (κ1) is 21.2. The second-order valence-electron chi connectivity index (χ2n) is 7.47. The second-order valence-corrected chi connectivity index (χ2v) is 8.41. The minimum absolute atomic E-state index is 0.0350. The molecule has 1 aliphatic heterocycles. The van der Waals surface area contributed by atoms with Gasteiger partial charge in [-0.1, -0.05) is 29.5 Å². The molecule has 0 aliphatic carbocycles. The number of piperidine rings is 1. The molecule has 2 heterocycles. The van der Waals surface area contributed by atoms with Gasteiger partial charge in [-0.25, -0.2) is 4.79 Å². The Labute approximate surface area is 175 Å². The maximum atomic E-state index is 12.1. The van der Waals surface area contributed by atoms with Gasteiger partial charge in [0.25, 0.3) is 0 Å². The highest BCUT2D eigenvalue weighted by Gasteiger charge is 2.22. The van der Waals surface area contributed by atoms with Crippen LogP contribution in [0.25, 0.3) is 5.69 Å². The fraction of sp³-hybridized carbons (Fsp3) is 0.500. The highest BCUT2D eigenvalue weighted by Crippen LogP contribution is 2.28. The molecule has 1 aromatic carbocycles. The van der Waals surface area contributed by atoms with E-state index < -0.39 is 6.03 Å². The third-order valence-electron chi connectivity index (χ3n) is 4.55. The summed E-state index contributed by atoms with van der Waals surface area (Å²) < 4.78 is 2.00. The molecule has 1 saturated heterocycles. The van der Waals surface area contributed by atoms with Crippen LogP contribution in [-0.2, 0) is 4.79 Å². The first-order valence-corrected chi connectivity index (χ1v) is 10.9. The quantitative estimate of drug-likeness (QED) is 0.704. The fourth-order valence-corrected chi connectivity index (χ4v) is 3.91.